The van der Waals surface area contributed by atoms with Gasteiger partial charge in [0.2, 0.25) is 27.7 Å². The van der Waals surface area contributed by atoms with E-state index >= 15 is 0 Å². The van der Waals surface area contributed by atoms with Gasteiger partial charge in [0.1, 0.15) is 17.7 Å². The number of piperidine rings is 1. The fraction of sp³-hybridized carbons (Fsp3) is 0.485. The summed E-state index contributed by atoms with van der Waals surface area (Å²) in [6, 6.07) is 9.89. The number of benzene rings is 1. The molecule has 15 nitrogen and oxygen atoms in total. The number of nitrogens with one attached hydrogen (secondary N) is 3. The number of rotatable bonds is 15. The molecule has 0 unspecified atom stereocenters. The monoisotopic (exact) mass is 744 g/mol. The molecule has 0 bridgehead atoms. The molecule has 2 saturated heterocycles. The van der Waals surface area contributed by atoms with Gasteiger partial charge in [-0.3, -0.25) is 4.79 Å². The minimum absolute atomic E-state index is 0.00368. The summed E-state index contributed by atoms with van der Waals surface area (Å²) in [6.07, 6.45) is 0.797. The van der Waals surface area contributed by atoms with Gasteiger partial charge >= 0.3 is 12.1 Å². The standard InChI is InChI=1S/C33H39F3N10O5S/c34-33(35,36)31-43-27(18-28(44-31)46-14-1-2-26(46)29(47)38-11-7-22-3-5-24(19-37)6-4-22)45-15-9-23(10-16-45)8-12-42-52(50,51)17-13-39-32-40-20-25(21-41-32)30(48)49/h3-6,18,20-21,23,26,42H,1-2,7-17H2,(H,38,47)(H,48,49)(H,39,40,41)/t26-/m0/s1. The third-order valence-corrected chi connectivity index (χ3v) is 10.3. The molecule has 0 radical (unpaired) electrons. The molecule has 2 fully saturated rings. The lowest BCUT2D eigenvalue weighted by atomic mass is 9.94. The Hall–Kier alpha value is -5.09. The van der Waals surface area contributed by atoms with Gasteiger partial charge in [-0.2, -0.15) is 18.4 Å². The number of carbonyl (C=O) groups excluding carboxylic acids is 1. The number of sulfonamides is 1. The van der Waals surface area contributed by atoms with Crippen LogP contribution in [0.1, 0.15) is 59.4 Å². The normalized spacial score (nSPS) is 16.8. The lowest BCUT2D eigenvalue weighted by Gasteiger charge is -2.34. The highest BCUT2D eigenvalue weighted by molar-refractivity contribution is 7.89. The summed E-state index contributed by atoms with van der Waals surface area (Å²) < 4.78 is 69.5. The van der Waals surface area contributed by atoms with Crippen LogP contribution in [0.4, 0.5) is 30.8 Å². The van der Waals surface area contributed by atoms with Crippen molar-refractivity contribution in [2.24, 2.45) is 5.92 Å². The van der Waals surface area contributed by atoms with Crippen molar-refractivity contribution >= 4 is 39.5 Å². The lowest BCUT2D eigenvalue weighted by molar-refractivity contribution is -0.144. The van der Waals surface area contributed by atoms with Crippen molar-refractivity contribution < 1.29 is 36.3 Å². The van der Waals surface area contributed by atoms with E-state index in [2.05, 4.69) is 41.4 Å². The molecule has 4 heterocycles. The van der Waals surface area contributed by atoms with E-state index in [1.54, 1.807) is 21.9 Å². The molecule has 19 heteroatoms. The second-order valence-electron chi connectivity index (χ2n) is 12.6. The maximum atomic E-state index is 14.0. The Bertz CT molecular complexity index is 1850. The van der Waals surface area contributed by atoms with E-state index in [1.807, 2.05) is 12.1 Å². The third-order valence-electron chi connectivity index (χ3n) is 8.96. The van der Waals surface area contributed by atoms with Crippen LogP contribution in [-0.2, 0) is 27.4 Å². The fourth-order valence-corrected chi connectivity index (χ4v) is 7.08. The van der Waals surface area contributed by atoms with Crippen LogP contribution >= 0.6 is 0 Å². The molecule has 2 aromatic heterocycles. The lowest BCUT2D eigenvalue weighted by Crippen LogP contribution is -2.44. The number of aromatic carboxylic acids is 1. The van der Waals surface area contributed by atoms with Crippen molar-refractivity contribution in [3.05, 3.63) is 65.2 Å². The van der Waals surface area contributed by atoms with Crippen LogP contribution in [-0.4, -0.2) is 96.4 Å². The molecular formula is C33H39F3N10O5S. The number of hydrogen-bond acceptors (Lipinski definition) is 12. The van der Waals surface area contributed by atoms with E-state index in [1.165, 1.54) is 6.07 Å². The average molecular weight is 745 g/mol. The van der Waals surface area contributed by atoms with E-state index in [9.17, 15) is 31.2 Å². The zero-order valence-electron chi connectivity index (χ0n) is 28.1. The first-order chi connectivity index (χ1) is 24.8. The zero-order chi connectivity index (χ0) is 37.3. The summed E-state index contributed by atoms with van der Waals surface area (Å²) in [5, 5.41) is 23.5. The zero-order valence-corrected chi connectivity index (χ0v) is 29.0. The van der Waals surface area contributed by atoms with E-state index in [-0.39, 0.29) is 53.8 Å². The number of carbonyl (C=O) groups is 2. The van der Waals surface area contributed by atoms with Gasteiger partial charge in [0.15, 0.2) is 0 Å². The SMILES string of the molecule is N#Cc1ccc(CCNC(=O)[C@@H]2CCCN2c2cc(N3CCC(CCNS(=O)(=O)CCNc4ncc(C(=O)O)cn4)CC3)nc(C(F)(F)F)n2)cc1. The molecule has 5 rings (SSSR count). The highest BCUT2D eigenvalue weighted by Crippen LogP contribution is 2.34. The van der Waals surface area contributed by atoms with Crippen LogP contribution in [0.25, 0.3) is 0 Å². The number of anilines is 3. The van der Waals surface area contributed by atoms with Gasteiger partial charge in [-0.1, -0.05) is 12.1 Å². The molecule has 1 amide bonds. The number of alkyl halides is 3. The Morgan fingerprint density at radius 3 is 2.33 bits per heavy atom. The molecule has 1 aromatic carbocycles. The Balaban J connectivity index is 1.12. The molecule has 0 saturated carbocycles. The summed E-state index contributed by atoms with van der Waals surface area (Å²) in [5.41, 5.74) is 1.38. The van der Waals surface area contributed by atoms with Gasteiger partial charge in [-0.15, -0.1) is 0 Å². The first kappa shape index (κ1) is 38.1. The molecule has 3 aromatic rings. The van der Waals surface area contributed by atoms with Crippen molar-refractivity contribution in [3.8, 4) is 6.07 Å². The van der Waals surface area contributed by atoms with Crippen molar-refractivity contribution in [3.63, 3.8) is 0 Å². The minimum Gasteiger partial charge on any atom is -0.478 e. The second kappa shape index (κ2) is 17.0. The van der Waals surface area contributed by atoms with Crippen LogP contribution in [0.3, 0.4) is 0 Å². The van der Waals surface area contributed by atoms with Crippen molar-refractivity contribution in [2.75, 3.05) is 60.1 Å². The van der Waals surface area contributed by atoms with Crippen LogP contribution in [0.15, 0.2) is 42.7 Å². The van der Waals surface area contributed by atoms with Crippen molar-refractivity contribution in [1.82, 2.24) is 30.0 Å². The van der Waals surface area contributed by atoms with Gasteiger partial charge in [0, 0.05) is 57.7 Å². The molecule has 2 aliphatic rings. The maximum absolute atomic E-state index is 14.0. The van der Waals surface area contributed by atoms with Crippen LogP contribution < -0.4 is 25.2 Å². The molecule has 52 heavy (non-hydrogen) atoms. The Morgan fingerprint density at radius 2 is 1.67 bits per heavy atom. The summed E-state index contributed by atoms with van der Waals surface area (Å²) in [7, 11) is -3.63. The summed E-state index contributed by atoms with van der Waals surface area (Å²) in [5.74, 6) is -2.61. The highest BCUT2D eigenvalue weighted by atomic mass is 32.2. The number of nitrogens with zero attached hydrogens (tertiary/aromatic N) is 7. The summed E-state index contributed by atoms with van der Waals surface area (Å²) >= 11 is 0. The van der Waals surface area contributed by atoms with Gasteiger partial charge in [0.25, 0.3) is 0 Å². The van der Waals surface area contributed by atoms with Gasteiger partial charge in [-0.05, 0) is 62.1 Å². The fourth-order valence-electron chi connectivity index (χ4n) is 6.13. The average Bonchev–Trinajstić information content (AvgIpc) is 3.62. The summed E-state index contributed by atoms with van der Waals surface area (Å²) in [6.45, 7) is 1.71. The summed E-state index contributed by atoms with van der Waals surface area (Å²) in [4.78, 5) is 42.8. The van der Waals surface area contributed by atoms with Gasteiger partial charge in [0.05, 0.1) is 22.9 Å². The molecule has 0 spiro atoms. The van der Waals surface area contributed by atoms with Gasteiger partial charge < -0.3 is 25.5 Å². The van der Waals surface area contributed by atoms with E-state index in [0.29, 0.717) is 70.3 Å². The van der Waals surface area contributed by atoms with E-state index in [0.717, 1.165) is 18.0 Å². The number of halogens is 3. The van der Waals surface area contributed by atoms with Crippen LogP contribution in [0, 0.1) is 17.2 Å². The molecule has 278 valence electrons. The largest absolute Gasteiger partial charge is 0.478 e. The van der Waals surface area contributed by atoms with Crippen LogP contribution in [0.5, 0.6) is 0 Å². The molecule has 4 N–H and O–H groups in total. The number of hydrogen-bond donors (Lipinski definition) is 4. The Labute approximate surface area is 298 Å². The van der Waals surface area contributed by atoms with Gasteiger partial charge in [-0.25, -0.2) is 37.9 Å². The maximum Gasteiger partial charge on any atom is 0.451 e. The Kier molecular flexibility index (Phi) is 12.4. The van der Waals surface area contributed by atoms with Crippen LogP contribution in [0.2, 0.25) is 0 Å². The Morgan fingerprint density at radius 1 is 0.981 bits per heavy atom. The molecule has 1 atom stereocenters. The topological polar surface area (TPSA) is 206 Å². The second-order valence-corrected chi connectivity index (χ2v) is 14.5. The quantitative estimate of drug-likeness (QED) is 0.177. The number of aromatic nitrogens is 4. The van der Waals surface area contributed by atoms with Crippen molar-refractivity contribution in [1.29, 1.82) is 5.26 Å². The number of carboxylic acids is 1. The predicted molar refractivity (Wildman–Crippen MR) is 184 cm³/mol. The first-order valence-electron chi connectivity index (χ1n) is 16.8. The third kappa shape index (κ3) is 10.5. The minimum atomic E-state index is -4.80. The number of amides is 1. The molecule has 0 aliphatic carbocycles. The number of carboxylic acid groups (broad SMARTS) is 1. The van der Waals surface area contributed by atoms with E-state index < -0.39 is 34.0 Å². The molecular weight excluding hydrogens is 705 g/mol. The van der Waals surface area contributed by atoms with E-state index in [4.69, 9.17) is 10.4 Å². The van der Waals surface area contributed by atoms with Crippen molar-refractivity contribution in [2.45, 2.75) is 50.7 Å². The highest BCUT2D eigenvalue weighted by Gasteiger charge is 2.39. The smallest absolute Gasteiger partial charge is 0.451 e. The first-order valence-corrected chi connectivity index (χ1v) is 18.5. The molecule has 2 aliphatic heterocycles. The number of nitriles is 1. The predicted octanol–water partition coefficient (Wildman–Crippen LogP) is 2.82.